The van der Waals surface area contributed by atoms with E-state index in [-0.39, 0.29) is 16.3 Å². The summed E-state index contributed by atoms with van der Waals surface area (Å²) < 4.78 is 35.9. The van der Waals surface area contributed by atoms with E-state index >= 15 is 0 Å². The third-order valence-corrected chi connectivity index (χ3v) is 4.38. The molecule has 1 aromatic heterocycles. The summed E-state index contributed by atoms with van der Waals surface area (Å²) in [6.45, 7) is 5.78. The predicted molar refractivity (Wildman–Crippen MR) is 86.4 cm³/mol. The van der Waals surface area contributed by atoms with Crippen molar-refractivity contribution < 1.29 is 27.8 Å². The number of rotatable bonds is 3. The van der Waals surface area contributed by atoms with E-state index < -0.39 is 24.1 Å². The van der Waals surface area contributed by atoms with Crippen molar-refractivity contribution in [3.63, 3.8) is 0 Å². The molecule has 0 saturated heterocycles. The Labute approximate surface area is 142 Å². The van der Waals surface area contributed by atoms with Gasteiger partial charge in [-0.15, -0.1) is 11.3 Å². The van der Waals surface area contributed by atoms with Crippen LogP contribution in [0.25, 0.3) is 5.57 Å². The Kier molecular flexibility index (Phi) is 5.27. The molecule has 0 unspecified atom stereocenters. The predicted octanol–water partition coefficient (Wildman–Crippen LogP) is 4.11. The number of ether oxygens (including phenoxy) is 2. The molecule has 5 nitrogen and oxygen atoms in total. The molecule has 2 rings (SSSR count). The van der Waals surface area contributed by atoms with E-state index in [9.17, 15) is 18.4 Å². The first kappa shape index (κ1) is 18.4. The van der Waals surface area contributed by atoms with Crippen LogP contribution in [0.15, 0.2) is 12.1 Å². The Hall–Kier alpha value is -1.96. The van der Waals surface area contributed by atoms with Crippen LogP contribution in [0, 0.1) is 0 Å². The lowest BCUT2D eigenvalue weighted by Crippen LogP contribution is -2.35. The zero-order valence-electron chi connectivity index (χ0n) is 13.9. The number of hydrogen-bond donors (Lipinski definition) is 0. The Morgan fingerprint density at radius 1 is 1.33 bits per heavy atom. The molecular weight excluding hydrogens is 340 g/mol. The van der Waals surface area contributed by atoms with Gasteiger partial charge in [-0.3, -0.25) is 0 Å². The van der Waals surface area contributed by atoms with Gasteiger partial charge in [0, 0.05) is 18.7 Å². The summed E-state index contributed by atoms with van der Waals surface area (Å²) in [7, 11) is 1.20. The first-order valence-corrected chi connectivity index (χ1v) is 8.11. The van der Waals surface area contributed by atoms with Crippen LogP contribution < -0.4 is 0 Å². The van der Waals surface area contributed by atoms with E-state index in [1.54, 1.807) is 26.8 Å². The molecule has 0 aliphatic carbocycles. The number of amides is 1. The monoisotopic (exact) mass is 359 g/mol. The highest BCUT2D eigenvalue weighted by Crippen LogP contribution is 2.36. The number of esters is 1. The number of carbonyl (C=O) groups is 2. The molecule has 132 valence electrons. The molecule has 0 fully saturated rings. The lowest BCUT2D eigenvalue weighted by atomic mass is 10.1. The molecule has 24 heavy (non-hydrogen) atoms. The highest BCUT2D eigenvalue weighted by atomic mass is 32.1. The molecule has 0 saturated carbocycles. The second-order valence-electron chi connectivity index (χ2n) is 6.27. The lowest BCUT2D eigenvalue weighted by molar-refractivity contribution is 0.0306. The number of alkyl halides is 2. The zero-order chi connectivity index (χ0) is 18.1. The van der Waals surface area contributed by atoms with Gasteiger partial charge in [0.15, 0.2) is 0 Å². The normalized spacial score (nSPS) is 14.8. The SMILES string of the molecule is COC(=O)c1sc(C(F)F)cc1C1=CCN(C(=O)OC(C)(C)C)C1. The first-order chi connectivity index (χ1) is 11.1. The summed E-state index contributed by atoms with van der Waals surface area (Å²) in [6.07, 6.45) is -1.43. The quantitative estimate of drug-likeness (QED) is 0.762. The maximum atomic E-state index is 13.0. The van der Waals surface area contributed by atoms with Crippen molar-refractivity contribution in [1.82, 2.24) is 4.90 Å². The smallest absolute Gasteiger partial charge is 0.410 e. The van der Waals surface area contributed by atoms with Gasteiger partial charge in [0.05, 0.1) is 12.0 Å². The molecule has 0 bridgehead atoms. The van der Waals surface area contributed by atoms with Crippen LogP contribution >= 0.6 is 11.3 Å². The van der Waals surface area contributed by atoms with E-state index in [0.717, 1.165) is 0 Å². The molecule has 1 aliphatic heterocycles. The van der Waals surface area contributed by atoms with Gasteiger partial charge in [0.2, 0.25) is 0 Å². The third-order valence-electron chi connectivity index (χ3n) is 3.25. The summed E-state index contributed by atoms with van der Waals surface area (Å²) in [5.74, 6) is -0.668. The minimum absolute atomic E-state index is 0.116. The molecule has 0 aromatic carbocycles. The van der Waals surface area contributed by atoms with Crippen LogP contribution in [0.3, 0.4) is 0 Å². The van der Waals surface area contributed by atoms with Crippen molar-refractivity contribution in [2.24, 2.45) is 0 Å². The van der Waals surface area contributed by atoms with Crippen molar-refractivity contribution in [1.29, 1.82) is 0 Å². The van der Waals surface area contributed by atoms with Gasteiger partial charge in [-0.25, -0.2) is 18.4 Å². The summed E-state index contributed by atoms with van der Waals surface area (Å²) in [5.41, 5.74) is 0.389. The van der Waals surface area contributed by atoms with Gasteiger partial charge in [-0.1, -0.05) is 6.08 Å². The fraction of sp³-hybridized carbons (Fsp3) is 0.500. The van der Waals surface area contributed by atoms with E-state index in [0.29, 0.717) is 29.0 Å². The highest BCUT2D eigenvalue weighted by Gasteiger charge is 2.29. The molecule has 1 aliphatic rings. The Morgan fingerprint density at radius 3 is 2.54 bits per heavy atom. The third kappa shape index (κ3) is 4.11. The number of methoxy groups -OCH3 is 1. The maximum absolute atomic E-state index is 13.0. The van der Waals surface area contributed by atoms with Crippen molar-refractivity contribution in [3.05, 3.63) is 27.5 Å². The second-order valence-corrected chi connectivity index (χ2v) is 7.36. The number of carbonyl (C=O) groups excluding carboxylic acids is 2. The summed E-state index contributed by atoms with van der Waals surface area (Å²) in [4.78, 5) is 25.3. The lowest BCUT2D eigenvalue weighted by Gasteiger charge is -2.24. The Bertz CT molecular complexity index is 676. The molecule has 1 amide bonds. The molecule has 0 spiro atoms. The minimum Gasteiger partial charge on any atom is -0.465 e. The molecule has 0 radical (unpaired) electrons. The standard InChI is InChI=1S/C16H19F2NO4S/c1-16(2,3)23-15(21)19-6-5-9(8-19)10-7-11(13(17)18)24-12(10)14(20)22-4/h5,7,13H,6,8H2,1-4H3. The number of halogens is 2. The first-order valence-electron chi connectivity index (χ1n) is 7.30. The second kappa shape index (κ2) is 6.88. The zero-order valence-corrected chi connectivity index (χ0v) is 14.7. The van der Waals surface area contributed by atoms with E-state index in [1.165, 1.54) is 18.1 Å². The van der Waals surface area contributed by atoms with E-state index in [1.807, 2.05) is 0 Å². The van der Waals surface area contributed by atoms with Crippen molar-refractivity contribution >= 4 is 29.0 Å². The topological polar surface area (TPSA) is 55.8 Å². The summed E-state index contributed by atoms with van der Waals surface area (Å²) in [5, 5.41) is 0. The molecule has 8 heteroatoms. The minimum atomic E-state index is -2.67. The van der Waals surface area contributed by atoms with Crippen LogP contribution in [-0.4, -0.2) is 42.8 Å². The van der Waals surface area contributed by atoms with Gasteiger partial charge in [0.25, 0.3) is 6.43 Å². The number of thiophene rings is 1. The van der Waals surface area contributed by atoms with E-state index in [4.69, 9.17) is 4.74 Å². The fourth-order valence-electron chi connectivity index (χ4n) is 2.22. The van der Waals surface area contributed by atoms with Crippen LogP contribution in [-0.2, 0) is 9.47 Å². The van der Waals surface area contributed by atoms with Crippen molar-refractivity contribution in [3.8, 4) is 0 Å². The highest BCUT2D eigenvalue weighted by molar-refractivity contribution is 7.14. The largest absolute Gasteiger partial charge is 0.465 e. The maximum Gasteiger partial charge on any atom is 0.410 e. The van der Waals surface area contributed by atoms with Crippen LogP contribution in [0.5, 0.6) is 0 Å². The average molecular weight is 359 g/mol. The van der Waals surface area contributed by atoms with Crippen molar-refractivity contribution in [2.45, 2.75) is 32.8 Å². The van der Waals surface area contributed by atoms with Crippen molar-refractivity contribution in [2.75, 3.05) is 20.2 Å². The molecule has 0 atom stereocenters. The Balaban J connectivity index is 2.21. The van der Waals surface area contributed by atoms with Gasteiger partial charge >= 0.3 is 12.1 Å². The molecule has 0 N–H and O–H groups in total. The van der Waals surface area contributed by atoms with Crippen LogP contribution in [0.2, 0.25) is 0 Å². The van der Waals surface area contributed by atoms with E-state index in [2.05, 4.69) is 4.74 Å². The molecule has 1 aromatic rings. The number of hydrogen-bond acceptors (Lipinski definition) is 5. The van der Waals surface area contributed by atoms with Gasteiger partial charge in [-0.2, -0.15) is 0 Å². The number of nitrogens with zero attached hydrogens (tertiary/aromatic N) is 1. The fourth-order valence-corrected chi connectivity index (χ4v) is 3.18. The van der Waals surface area contributed by atoms with Crippen LogP contribution in [0.1, 0.15) is 47.3 Å². The van der Waals surface area contributed by atoms with Gasteiger partial charge in [-0.05, 0) is 32.4 Å². The summed E-state index contributed by atoms with van der Waals surface area (Å²) in [6, 6.07) is 1.28. The molecular formula is C16H19F2NO4S. The van der Waals surface area contributed by atoms with Gasteiger partial charge in [0.1, 0.15) is 10.5 Å². The summed E-state index contributed by atoms with van der Waals surface area (Å²) >= 11 is 0.707. The average Bonchev–Trinajstić information content (AvgIpc) is 3.11. The Morgan fingerprint density at radius 2 is 2.00 bits per heavy atom. The van der Waals surface area contributed by atoms with Gasteiger partial charge < -0.3 is 14.4 Å². The molecule has 2 heterocycles. The van der Waals surface area contributed by atoms with Crippen LogP contribution in [0.4, 0.5) is 13.6 Å².